The number of nitrogens with one attached hydrogen (secondary N) is 1. The van der Waals surface area contributed by atoms with Crippen molar-refractivity contribution < 1.29 is 19.4 Å². The summed E-state index contributed by atoms with van der Waals surface area (Å²) in [5, 5.41) is 12.5. The molecule has 3 heterocycles. The predicted octanol–water partition coefficient (Wildman–Crippen LogP) is 3.16. The third-order valence-electron chi connectivity index (χ3n) is 7.13. The van der Waals surface area contributed by atoms with Crippen LogP contribution in [0.4, 0.5) is 16.3 Å². The molecule has 8 nitrogen and oxygen atoms in total. The number of amides is 2. The smallest absolute Gasteiger partial charge is 0.411 e. The molecule has 0 atom stereocenters. The number of nitrogens with zero attached hydrogens (tertiary/aromatic N) is 3. The molecule has 0 radical (unpaired) electrons. The molecule has 0 unspecified atom stereocenters. The SMILES string of the molecule is CCCOC(=O)Nc1ccc(N2CCC3(CC2)CCN(C2CCC(O)CC2)C3=O)nc1. The maximum Gasteiger partial charge on any atom is 0.411 e. The average Bonchev–Trinajstić information content (AvgIpc) is 3.10. The van der Waals surface area contributed by atoms with Crippen LogP contribution in [0.1, 0.15) is 58.3 Å². The second-order valence-electron chi connectivity index (χ2n) is 9.14. The Kier molecular flexibility index (Phi) is 6.65. The van der Waals surface area contributed by atoms with Crippen LogP contribution in [0.15, 0.2) is 18.3 Å². The van der Waals surface area contributed by atoms with Crippen molar-refractivity contribution in [1.29, 1.82) is 0 Å². The van der Waals surface area contributed by atoms with Gasteiger partial charge in [0.1, 0.15) is 5.82 Å². The maximum atomic E-state index is 13.3. The number of carbonyl (C=O) groups excluding carboxylic acids is 2. The Morgan fingerprint density at radius 2 is 1.90 bits per heavy atom. The highest BCUT2D eigenvalue weighted by molar-refractivity contribution is 5.86. The van der Waals surface area contributed by atoms with Crippen molar-refractivity contribution in [2.45, 2.75) is 70.4 Å². The number of hydrogen-bond acceptors (Lipinski definition) is 6. The van der Waals surface area contributed by atoms with Crippen LogP contribution in [-0.4, -0.2) is 65.4 Å². The quantitative estimate of drug-likeness (QED) is 0.745. The molecule has 2 aliphatic heterocycles. The summed E-state index contributed by atoms with van der Waals surface area (Å²) in [5.74, 6) is 1.19. The highest BCUT2D eigenvalue weighted by atomic mass is 16.5. The van der Waals surface area contributed by atoms with Crippen LogP contribution in [0.2, 0.25) is 0 Å². The van der Waals surface area contributed by atoms with E-state index in [-0.39, 0.29) is 11.5 Å². The zero-order valence-electron chi connectivity index (χ0n) is 18.4. The molecular weight excluding hydrogens is 396 g/mol. The van der Waals surface area contributed by atoms with Crippen LogP contribution in [-0.2, 0) is 9.53 Å². The Morgan fingerprint density at radius 3 is 2.55 bits per heavy atom. The van der Waals surface area contributed by atoms with Crippen LogP contribution < -0.4 is 10.2 Å². The van der Waals surface area contributed by atoms with Crippen molar-refractivity contribution in [3.8, 4) is 0 Å². The maximum absolute atomic E-state index is 13.3. The highest BCUT2D eigenvalue weighted by Crippen LogP contribution is 2.44. The third-order valence-corrected chi connectivity index (χ3v) is 7.13. The van der Waals surface area contributed by atoms with E-state index in [9.17, 15) is 14.7 Å². The molecule has 170 valence electrons. The van der Waals surface area contributed by atoms with Crippen LogP contribution >= 0.6 is 0 Å². The number of piperidine rings is 1. The first-order valence-corrected chi connectivity index (χ1v) is 11.6. The lowest BCUT2D eigenvalue weighted by Gasteiger charge is -2.40. The van der Waals surface area contributed by atoms with Crippen molar-refractivity contribution in [2.24, 2.45) is 5.41 Å². The van der Waals surface area contributed by atoms with Gasteiger partial charge in [0.2, 0.25) is 5.91 Å². The molecule has 2 amide bonds. The molecular formula is C23H34N4O4. The minimum atomic E-state index is -0.465. The lowest BCUT2D eigenvalue weighted by Crippen LogP contribution is -2.47. The normalized spacial score (nSPS) is 25.7. The molecule has 4 rings (SSSR count). The minimum absolute atomic E-state index is 0.192. The average molecular weight is 431 g/mol. The third kappa shape index (κ3) is 4.79. The number of aromatic nitrogens is 1. The topological polar surface area (TPSA) is 95.0 Å². The molecule has 2 saturated heterocycles. The number of anilines is 2. The van der Waals surface area contributed by atoms with Crippen molar-refractivity contribution >= 4 is 23.5 Å². The second-order valence-corrected chi connectivity index (χ2v) is 9.14. The molecule has 8 heteroatoms. The van der Waals surface area contributed by atoms with E-state index >= 15 is 0 Å². The number of likely N-dealkylation sites (tertiary alicyclic amines) is 1. The summed E-state index contributed by atoms with van der Waals surface area (Å²) < 4.78 is 5.03. The fraction of sp³-hybridized carbons (Fsp3) is 0.696. The number of aliphatic hydroxyl groups excluding tert-OH is 1. The lowest BCUT2D eigenvalue weighted by atomic mass is 9.77. The molecule has 1 spiro atoms. The van der Waals surface area contributed by atoms with Gasteiger partial charge < -0.3 is 19.6 Å². The molecule has 1 aromatic heterocycles. The fourth-order valence-electron chi connectivity index (χ4n) is 5.19. The molecule has 2 N–H and O–H groups in total. The Bertz CT molecular complexity index is 768. The van der Waals surface area contributed by atoms with E-state index in [2.05, 4.69) is 20.1 Å². The number of hydrogen-bond donors (Lipinski definition) is 2. The van der Waals surface area contributed by atoms with Crippen molar-refractivity contribution in [2.75, 3.05) is 36.5 Å². The zero-order valence-corrected chi connectivity index (χ0v) is 18.4. The molecule has 1 aromatic rings. The van der Waals surface area contributed by atoms with Gasteiger partial charge >= 0.3 is 6.09 Å². The zero-order chi connectivity index (χ0) is 21.8. The van der Waals surface area contributed by atoms with Gasteiger partial charge in [-0.1, -0.05) is 6.92 Å². The van der Waals surface area contributed by atoms with Crippen molar-refractivity contribution in [3.63, 3.8) is 0 Å². The second kappa shape index (κ2) is 9.42. The molecule has 1 saturated carbocycles. The Labute approximate surface area is 184 Å². The largest absolute Gasteiger partial charge is 0.449 e. The molecule has 0 bridgehead atoms. The monoisotopic (exact) mass is 430 g/mol. The lowest BCUT2D eigenvalue weighted by molar-refractivity contribution is -0.139. The van der Waals surface area contributed by atoms with Gasteiger partial charge in [-0.15, -0.1) is 0 Å². The summed E-state index contributed by atoms with van der Waals surface area (Å²) in [6.45, 7) is 4.81. The molecule has 1 aliphatic carbocycles. The predicted molar refractivity (Wildman–Crippen MR) is 118 cm³/mol. The van der Waals surface area contributed by atoms with Gasteiger partial charge in [-0.3, -0.25) is 10.1 Å². The van der Waals surface area contributed by atoms with Gasteiger partial charge in [-0.25, -0.2) is 9.78 Å². The van der Waals surface area contributed by atoms with Gasteiger partial charge in [0, 0.05) is 25.7 Å². The van der Waals surface area contributed by atoms with Gasteiger partial charge in [0.25, 0.3) is 0 Å². The first-order valence-electron chi connectivity index (χ1n) is 11.6. The van der Waals surface area contributed by atoms with Crippen molar-refractivity contribution in [1.82, 2.24) is 9.88 Å². The van der Waals surface area contributed by atoms with E-state index in [1.165, 1.54) is 0 Å². The Balaban J connectivity index is 1.30. The summed E-state index contributed by atoms with van der Waals surface area (Å²) in [4.78, 5) is 33.8. The molecule has 0 aromatic carbocycles. The summed E-state index contributed by atoms with van der Waals surface area (Å²) in [7, 11) is 0. The van der Waals surface area contributed by atoms with E-state index in [1.54, 1.807) is 6.20 Å². The molecule has 31 heavy (non-hydrogen) atoms. The van der Waals surface area contributed by atoms with Crippen LogP contribution in [0, 0.1) is 5.41 Å². The number of aliphatic hydroxyl groups is 1. The minimum Gasteiger partial charge on any atom is -0.449 e. The van der Waals surface area contributed by atoms with E-state index in [4.69, 9.17) is 4.74 Å². The fourth-order valence-corrected chi connectivity index (χ4v) is 5.19. The first kappa shape index (κ1) is 21.9. The highest BCUT2D eigenvalue weighted by Gasteiger charge is 2.50. The summed E-state index contributed by atoms with van der Waals surface area (Å²) in [6.07, 6.45) is 7.87. The number of rotatable bonds is 5. The van der Waals surface area contributed by atoms with Crippen molar-refractivity contribution in [3.05, 3.63) is 18.3 Å². The molecule has 3 aliphatic rings. The van der Waals surface area contributed by atoms with E-state index in [1.807, 2.05) is 19.1 Å². The van der Waals surface area contributed by atoms with Gasteiger partial charge in [-0.05, 0) is 63.5 Å². The van der Waals surface area contributed by atoms with Crippen LogP contribution in [0.3, 0.4) is 0 Å². The summed E-state index contributed by atoms with van der Waals surface area (Å²) in [6, 6.07) is 4.04. The summed E-state index contributed by atoms with van der Waals surface area (Å²) in [5.41, 5.74) is 0.384. The van der Waals surface area contributed by atoms with Gasteiger partial charge in [-0.2, -0.15) is 0 Å². The van der Waals surface area contributed by atoms with Gasteiger partial charge in [0.15, 0.2) is 0 Å². The number of ether oxygens (including phenoxy) is 1. The standard InChI is InChI=1S/C23H34N4O4/c1-2-15-31-22(30)25-17-3-8-20(24-16-17)26-12-9-23(10-13-26)11-14-27(21(23)29)18-4-6-19(28)7-5-18/h3,8,16,18-19,28H,2,4-7,9-15H2,1H3,(H,25,30). The van der Waals surface area contributed by atoms with E-state index in [0.29, 0.717) is 24.2 Å². The molecule has 3 fully saturated rings. The van der Waals surface area contributed by atoms with Crippen LogP contribution in [0.5, 0.6) is 0 Å². The van der Waals surface area contributed by atoms with E-state index < -0.39 is 6.09 Å². The Morgan fingerprint density at radius 1 is 1.19 bits per heavy atom. The van der Waals surface area contributed by atoms with Gasteiger partial charge in [0.05, 0.1) is 30.0 Å². The van der Waals surface area contributed by atoms with E-state index in [0.717, 1.165) is 76.8 Å². The first-order chi connectivity index (χ1) is 15.0. The number of carbonyl (C=O) groups is 2. The number of pyridine rings is 1. The summed E-state index contributed by atoms with van der Waals surface area (Å²) >= 11 is 0. The Hall–Kier alpha value is -2.35. The van der Waals surface area contributed by atoms with Crippen LogP contribution in [0.25, 0.3) is 0 Å².